The maximum atomic E-state index is 13.0. The first-order chi connectivity index (χ1) is 13.4. The summed E-state index contributed by atoms with van der Waals surface area (Å²) >= 11 is 6.80. The Kier molecular flexibility index (Phi) is 6.42. The number of para-hydroxylation sites is 1. The highest BCUT2D eigenvalue weighted by molar-refractivity contribution is 8.27. The van der Waals surface area contributed by atoms with Gasteiger partial charge in [0.1, 0.15) is 5.75 Å². The van der Waals surface area contributed by atoms with Crippen molar-refractivity contribution in [2.45, 2.75) is 26.4 Å². The van der Waals surface area contributed by atoms with Gasteiger partial charge in [0.25, 0.3) is 5.91 Å². The van der Waals surface area contributed by atoms with Gasteiger partial charge in [-0.1, -0.05) is 49.1 Å². The maximum absolute atomic E-state index is 13.0. The minimum atomic E-state index is -0.106. The lowest BCUT2D eigenvalue weighted by atomic mass is 10.1. The Labute approximate surface area is 176 Å². The molecule has 28 heavy (non-hydrogen) atoms. The van der Waals surface area contributed by atoms with Crippen molar-refractivity contribution in [3.63, 3.8) is 0 Å². The predicted molar refractivity (Wildman–Crippen MR) is 123 cm³/mol. The molecule has 1 atom stereocenters. The van der Waals surface area contributed by atoms with Crippen LogP contribution in [0.4, 0.5) is 11.4 Å². The fourth-order valence-corrected chi connectivity index (χ4v) is 4.03. The molecule has 146 valence electrons. The minimum absolute atomic E-state index is 0.106. The molecule has 1 heterocycles. The minimum Gasteiger partial charge on any atom is -0.490 e. The maximum Gasteiger partial charge on any atom is 0.270 e. The first-order valence-electron chi connectivity index (χ1n) is 9.21. The molecule has 0 spiro atoms. The van der Waals surface area contributed by atoms with Gasteiger partial charge in [0.15, 0.2) is 4.32 Å². The summed E-state index contributed by atoms with van der Waals surface area (Å²) < 4.78 is 6.53. The molecule has 1 amide bonds. The molecule has 6 heteroatoms. The van der Waals surface area contributed by atoms with Crippen LogP contribution >= 0.6 is 24.0 Å². The van der Waals surface area contributed by atoms with Crippen LogP contribution in [-0.4, -0.2) is 30.4 Å². The summed E-state index contributed by atoms with van der Waals surface area (Å²) in [6.07, 6.45) is 2.89. The molecule has 2 aromatic rings. The number of carbonyl (C=O) groups is 1. The summed E-state index contributed by atoms with van der Waals surface area (Å²) in [5, 5.41) is 0. The molecule has 1 aliphatic heterocycles. The van der Waals surface area contributed by atoms with Gasteiger partial charge in [-0.2, -0.15) is 0 Å². The molecule has 0 N–H and O–H groups in total. The van der Waals surface area contributed by atoms with Crippen LogP contribution in [0, 0.1) is 0 Å². The number of nitrogens with zero attached hydrogens (tertiary/aromatic N) is 2. The highest BCUT2D eigenvalue weighted by Gasteiger charge is 2.33. The Morgan fingerprint density at radius 1 is 1.18 bits per heavy atom. The lowest BCUT2D eigenvalue weighted by Gasteiger charge is -2.17. The molecule has 4 nitrogen and oxygen atoms in total. The van der Waals surface area contributed by atoms with Crippen LogP contribution in [0.2, 0.25) is 0 Å². The zero-order chi connectivity index (χ0) is 20.3. The van der Waals surface area contributed by atoms with Crippen LogP contribution < -0.4 is 14.5 Å². The highest BCUT2D eigenvalue weighted by Crippen LogP contribution is 2.37. The number of thioether (sulfide) groups is 1. The lowest BCUT2D eigenvalue weighted by Crippen LogP contribution is -2.27. The zero-order valence-corrected chi connectivity index (χ0v) is 18.1. The molecular weight excluding hydrogens is 388 g/mol. The van der Waals surface area contributed by atoms with Gasteiger partial charge in [0.2, 0.25) is 0 Å². The van der Waals surface area contributed by atoms with E-state index in [9.17, 15) is 4.79 Å². The first-order valence-corrected chi connectivity index (χ1v) is 10.4. The number of ether oxygens (including phenoxy) is 1. The largest absolute Gasteiger partial charge is 0.490 e. The standard InChI is InChI=1S/C22H24N2O2S2/c1-5-15(2)26-19-9-7-6-8-16(19)14-20-21(25)24(22(27)28-20)18-12-10-17(11-13-18)23(3)4/h6-15H,5H2,1-4H3/b20-14+/t15-/m1/s1. The second-order valence-electron chi connectivity index (χ2n) is 6.80. The molecule has 0 unspecified atom stereocenters. The Hall–Kier alpha value is -2.31. The molecule has 0 aliphatic carbocycles. The molecule has 0 bridgehead atoms. The van der Waals surface area contributed by atoms with Gasteiger partial charge >= 0.3 is 0 Å². The second kappa shape index (κ2) is 8.80. The average Bonchev–Trinajstić information content (AvgIpc) is 2.96. The monoisotopic (exact) mass is 412 g/mol. The number of anilines is 2. The van der Waals surface area contributed by atoms with Crippen molar-refractivity contribution >= 4 is 51.7 Å². The normalized spacial score (nSPS) is 16.6. The van der Waals surface area contributed by atoms with Crippen molar-refractivity contribution < 1.29 is 9.53 Å². The fourth-order valence-electron chi connectivity index (χ4n) is 2.74. The molecule has 0 saturated carbocycles. The van der Waals surface area contributed by atoms with E-state index in [-0.39, 0.29) is 12.0 Å². The number of hydrogen-bond donors (Lipinski definition) is 0. The van der Waals surface area contributed by atoms with Crippen LogP contribution in [0.25, 0.3) is 6.08 Å². The van der Waals surface area contributed by atoms with Gasteiger partial charge in [-0.3, -0.25) is 9.69 Å². The van der Waals surface area contributed by atoms with E-state index in [0.29, 0.717) is 9.23 Å². The van der Waals surface area contributed by atoms with Crippen molar-refractivity contribution in [2.24, 2.45) is 0 Å². The van der Waals surface area contributed by atoms with Crippen LogP contribution in [-0.2, 0) is 4.79 Å². The van der Waals surface area contributed by atoms with E-state index in [1.54, 1.807) is 4.90 Å². The number of hydrogen-bond acceptors (Lipinski definition) is 5. The summed E-state index contributed by atoms with van der Waals surface area (Å²) in [6.45, 7) is 4.12. The van der Waals surface area contributed by atoms with Gasteiger partial charge in [-0.25, -0.2) is 0 Å². The van der Waals surface area contributed by atoms with Crippen LogP contribution in [0.5, 0.6) is 5.75 Å². The third-order valence-electron chi connectivity index (χ3n) is 4.53. The first kappa shape index (κ1) is 20.4. The van der Waals surface area contributed by atoms with Crippen molar-refractivity contribution in [2.75, 3.05) is 23.9 Å². The quantitative estimate of drug-likeness (QED) is 0.473. The summed E-state index contributed by atoms with van der Waals surface area (Å²) in [6, 6.07) is 15.6. The average molecular weight is 413 g/mol. The Morgan fingerprint density at radius 2 is 1.86 bits per heavy atom. The number of benzene rings is 2. The second-order valence-corrected chi connectivity index (χ2v) is 8.48. The molecular formula is C22H24N2O2S2. The van der Waals surface area contributed by atoms with Gasteiger partial charge in [-0.15, -0.1) is 0 Å². The van der Waals surface area contributed by atoms with Gasteiger partial charge < -0.3 is 9.64 Å². The van der Waals surface area contributed by atoms with E-state index < -0.39 is 0 Å². The smallest absolute Gasteiger partial charge is 0.270 e. The molecule has 1 fully saturated rings. The molecule has 1 aliphatic rings. The van der Waals surface area contributed by atoms with Crippen LogP contribution in [0.15, 0.2) is 53.4 Å². The van der Waals surface area contributed by atoms with Crippen LogP contribution in [0.3, 0.4) is 0 Å². The zero-order valence-electron chi connectivity index (χ0n) is 16.5. The van der Waals surface area contributed by atoms with Gasteiger partial charge in [-0.05, 0) is 49.8 Å². The number of carbonyl (C=O) groups excluding carboxylic acids is 1. The summed E-state index contributed by atoms with van der Waals surface area (Å²) in [4.78, 5) is 17.2. The topological polar surface area (TPSA) is 32.8 Å². The van der Waals surface area contributed by atoms with E-state index in [4.69, 9.17) is 17.0 Å². The lowest BCUT2D eigenvalue weighted by molar-refractivity contribution is -0.113. The molecule has 0 radical (unpaired) electrons. The Balaban J connectivity index is 1.88. The SMILES string of the molecule is CC[C@@H](C)Oc1ccccc1/C=C1/SC(=S)N(c2ccc(N(C)C)cc2)C1=O. The summed E-state index contributed by atoms with van der Waals surface area (Å²) in [7, 11) is 3.96. The van der Waals surface area contributed by atoms with E-state index in [0.717, 1.165) is 29.1 Å². The van der Waals surface area contributed by atoms with Crippen molar-refractivity contribution in [1.29, 1.82) is 0 Å². The fraction of sp³-hybridized carbons (Fsp3) is 0.273. The molecule has 3 rings (SSSR count). The van der Waals surface area contributed by atoms with E-state index >= 15 is 0 Å². The number of rotatable bonds is 6. The molecule has 1 saturated heterocycles. The van der Waals surface area contributed by atoms with E-state index in [1.165, 1.54) is 11.8 Å². The van der Waals surface area contributed by atoms with Crippen molar-refractivity contribution in [3.8, 4) is 5.75 Å². The van der Waals surface area contributed by atoms with E-state index in [2.05, 4.69) is 6.92 Å². The predicted octanol–water partition coefficient (Wildman–Crippen LogP) is 5.34. The summed E-state index contributed by atoms with van der Waals surface area (Å²) in [5.41, 5.74) is 2.73. The Bertz CT molecular complexity index is 907. The van der Waals surface area contributed by atoms with Gasteiger partial charge in [0, 0.05) is 25.3 Å². The Morgan fingerprint density at radius 3 is 2.50 bits per heavy atom. The van der Waals surface area contributed by atoms with Crippen molar-refractivity contribution in [1.82, 2.24) is 0 Å². The molecule has 2 aromatic carbocycles. The van der Waals surface area contributed by atoms with E-state index in [1.807, 2.05) is 80.5 Å². The summed E-state index contributed by atoms with van der Waals surface area (Å²) in [5.74, 6) is 0.670. The van der Waals surface area contributed by atoms with Gasteiger partial charge in [0.05, 0.1) is 16.7 Å². The number of amides is 1. The van der Waals surface area contributed by atoms with Crippen LogP contribution in [0.1, 0.15) is 25.8 Å². The number of thiocarbonyl (C=S) groups is 1. The molecule has 0 aromatic heterocycles. The van der Waals surface area contributed by atoms with Crippen molar-refractivity contribution in [3.05, 3.63) is 59.0 Å². The third-order valence-corrected chi connectivity index (χ3v) is 5.83. The third kappa shape index (κ3) is 4.39. The highest BCUT2D eigenvalue weighted by atomic mass is 32.2.